The highest BCUT2D eigenvalue weighted by molar-refractivity contribution is 5.83. The summed E-state index contributed by atoms with van der Waals surface area (Å²) in [4.78, 5) is 0. The summed E-state index contributed by atoms with van der Waals surface area (Å²) in [5.41, 5.74) is 1.02. The molecular formula is C17H20O. The van der Waals surface area contributed by atoms with Crippen LogP contribution in [0.3, 0.4) is 0 Å². The molecular weight excluding hydrogens is 220 g/mol. The third-order valence-corrected chi connectivity index (χ3v) is 3.29. The number of aliphatic hydroxyl groups excluding tert-OH is 1. The van der Waals surface area contributed by atoms with Crippen LogP contribution in [0.2, 0.25) is 0 Å². The summed E-state index contributed by atoms with van der Waals surface area (Å²) < 4.78 is 0. The minimum Gasteiger partial charge on any atom is -0.388 e. The fraction of sp³-hybridized carbons (Fsp3) is 0.294. The Balaban J connectivity index is 2.03. The molecule has 0 aliphatic rings. The van der Waals surface area contributed by atoms with Crippen LogP contribution in [0, 0.1) is 0 Å². The Morgan fingerprint density at radius 1 is 1.06 bits per heavy atom. The lowest BCUT2D eigenvalue weighted by molar-refractivity contribution is 0.164. The van der Waals surface area contributed by atoms with Crippen LogP contribution in [0.15, 0.2) is 55.1 Å². The zero-order valence-electron chi connectivity index (χ0n) is 10.7. The van der Waals surface area contributed by atoms with Gasteiger partial charge in [-0.15, -0.1) is 6.58 Å². The maximum Gasteiger partial charge on any atom is 0.0790 e. The minimum atomic E-state index is -0.348. The van der Waals surface area contributed by atoms with Gasteiger partial charge >= 0.3 is 0 Å². The number of hydrogen-bond donors (Lipinski definition) is 1. The van der Waals surface area contributed by atoms with Gasteiger partial charge in [-0.3, -0.25) is 0 Å². The van der Waals surface area contributed by atoms with E-state index in [-0.39, 0.29) is 6.10 Å². The van der Waals surface area contributed by atoms with Crippen molar-refractivity contribution in [2.45, 2.75) is 31.8 Å². The molecule has 0 spiro atoms. The van der Waals surface area contributed by atoms with Gasteiger partial charge in [0.2, 0.25) is 0 Å². The Morgan fingerprint density at radius 3 is 2.61 bits per heavy atom. The maximum atomic E-state index is 10.2. The van der Waals surface area contributed by atoms with Crippen molar-refractivity contribution in [3.05, 3.63) is 60.7 Å². The first-order valence-corrected chi connectivity index (χ1v) is 6.59. The van der Waals surface area contributed by atoms with Gasteiger partial charge in [0.05, 0.1) is 6.10 Å². The standard InChI is InChI=1S/C17H20O/c1-2-3-4-5-10-17(18)16-12-11-14-8-6-7-9-15(14)13-16/h2,6-9,11-13,17-18H,1,3-5,10H2/t17-/m1/s1. The lowest BCUT2D eigenvalue weighted by Crippen LogP contribution is -1.97. The molecule has 0 unspecified atom stereocenters. The number of unbranched alkanes of at least 4 members (excludes halogenated alkanes) is 2. The molecule has 0 bridgehead atoms. The van der Waals surface area contributed by atoms with Crippen molar-refractivity contribution in [3.8, 4) is 0 Å². The second-order valence-corrected chi connectivity index (χ2v) is 4.70. The largest absolute Gasteiger partial charge is 0.388 e. The summed E-state index contributed by atoms with van der Waals surface area (Å²) in [5, 5.41) is 12.6. The number of rotatable bonds is 6. The molecule has 0 saturated heterocycles. The molecule has 0 saturated carbocycles. The van der Waals surface area contributed by atoms with Gasteiger partial charge in [0.25, 0.3) is 0 Å². The van der Waals surface area contributed by atoms with E-state index in [4.69, 9.17) is 0 Å². The van der Waals surface area contributed by atoms with E-state index < -0.39 is 0 Å². The first-order valence-electron chi connectivity index (χ1n) is 6.59. The van der Waals surface area contributed by atoms with E-state index in [2.05, 4.69) is 30.8 Å². The molecule has 0 aliphatic heterocycles. The quantitative estimate of drug-likeness (QED) is 0.577. The van der Waals surface area contributed by atoms with Crippen LogP contribution in [0.1, 0.15) is 37.4 Å². The fourth-order valence-electron chi connectivity index (χ4n) is 2.21. The number of benzene rings is 2. The molecule has 18 heavy (non-hydrogen) atoms. The van der Waals surface area contributed by atoms with Crippen molar-refractivity contribution in [1.29, 1.82) is 0 Å². The van der Waals surface area contributed by atoms with E-state index in [1.165, 1.54) is 10.8 Å². The van der Waals surface area contributed by atoms with E-state index in [0.717, 1.165) is 31.2 Å². The molecule has 0 fully saturated rings. The second-order valence-electron chi connectivity index (χ2n) is 4.70. The predicted octanol–water partition coefficient (Wildman–Crippen LogP) is 4.62. The Morgan fingerprint density at radius 2 is 1.83 bits per heavy atom. The summed E-state index contributed by atoms with van der Waals surface area (Å²) in [6, 6.07) is 14.4. The Bertz CT molecular complexity index is 516. The van der Waals surface area contributed by atoms with E-state index >= 15 is 0 Å². The topological polar surface area (TPSA) is 20.2 Å². The Labute approximate surface area is 109 Å². The van der Waals surface area contributed by atoms with Crippen LogP contribution >= 0.6 is 0 Å². The molecule has 0 aromatic heterocycles. The van der Waals surface area contributed by atoms with Gasteiger partial charge in [-0.1, -0.05) is 48.9 Å². The van der Waals surface area contributed by atoms with Crippen molar-refractivity contribution < 1.29 is 5.11 Å². The third kappa shape index (κ3) is 3.21. The molecule has 1 heteroatoms. The summed E-state index contributed by atoms with van der Waals surface area (Å²) in [7, 11) is 0. The van der Waals surface area contributed by atoms with Crippen molar-refractivity contribution in [2.24, 2.45) is 0 Å². The first-order chi connectivity index (χ1) is 8.81. The molecule has 0 heterocycles. The fourth-order valence-corrected chi connectivity index (χ4v) is 2.21. The highest BCUT2D eigenvalue weighted by Crippen LogP contribution is 2.23. The number of aliphatic hydroxyl groups is 1. The molecule has 1 atom stereocenters. The van der Waals surface area contributed by atoms with E-state index in [1.807, 2.05) is 24.3 Å². The zero-order valence-corrected chi connectivity index (χ0v) is 10.7. The van der Waals surface area contributed by atoms with Crippen molar-refractivity contribution in [1.82, 2.24) is 0 Å². The van der Waals surface area contributed by atoms with Gasteiger partial charge in [0.1, 0.15) is 0 Å². The highest BCUT2D eigenvalue weighted by atomic mass is 16.3. The van der Waals surface area contributed by atoms with Gasteiger partial charge in [-0.05, 0) is 41.7 Å². The summed E-state index contributed by atoms with van der Waals surface area (Å²) >= 11 is 0. The molecule has 2 aromatic rings. The highest BCUT2D eigenvalue weighted by Gasteiger charge is 2.07. The van der Waals surface area contributed by atoms with Crippen LogP contribution in [-0.4, -0.2) is 5.11 Å². The molecule has 0 aliphatic carbocycles. The molecule has 2 rings (SSSR count). The van der Waals surface area contributed by atoms with E-state index in [0.29, 0.717) is 0 Å². The molecule has 94 valence electrons. The lowest BCUT2D eigenvalue weighted by atomic mass is 10.00. The van der Waals surface area contributed by atoms with E-state index in [9.17, 15) is 5.11 Å². The summed E-state index contributed by atoms with van der Waals surface area (Å²) in [5.74, 6) is 0. The Kier molecular flexibility index (Phi) is 4.54. The van der Waals surface area contributed by atoms with Crippen LogP contribution in [0.4, 0.5) is 0 Å². The van der Waals surface area contributed by atoms with Crippen LogP contribution in [0.5, 0.6) is 0 Å². The van der Waals surface area contributed by atoms with E-state index in [1.54, 1.807) is 0 Å². The predicted molar refractivity (Wildman–Crippen MR) is 77.6 cm³/mol. The van der Waals surface area contributed by atoms with Gasteiger partial charge in [-0.2, -0.15) is 0 Å². The smallest absolute Gasteiger partial charge is 0.0790 e. The average Bonchev–Trinajstić information content (AvgIpc) is 2.43. The molecule has 0 amide bonds. The van der Waals surface area contributed by atoms with Gasteiger partial charge in [-0.25, -0.2) is 0 Å². The van der Waals surface area contributed by atoms with Crippen LogP contribution < -0.4 is 0 Å². The molecule has 1 nitrogen and oxygen atoms in total. The maximum absolute atomic E-state index is 10.2. The SMILES string of the molecule is C=CCCCC[C@@H](O)c1ccc2ccccc2c1. The lowest BCUT2D eigenvalue weighted by Gasteiger charge is -2.11. The monoisotopic (exact) mass is 240 g/mol. The van der Waals surface area contributed by atoms with Gasteiger partial charge in [0.15, 0.2) is 0 Å². The minimum absolute atomic E-state index is 0.348. The molecule has 0 radical (unpaired) electrons. The van der Waals surface area contributed by atoms with Crippen LogP contribution in [-0.2, 0) is 0 Å². The van der Waals surface area contributed by atoms with Crippen LogP contribution in [0.25, 0.3) is 10.8 Å². The number of allylic oxidation sites excluding steroid dienone is 1. The zero-order chi connectivity index (χ0) is 12.8. The second kappa shape index (κ2) is 6.36. The third-order valence-electron chi connectivity index (χ3n) is 3.29. The summed E-state index contributed by atoms with van der Waals surface area (Å²) in [6.45, 7) is 3.71. The number of fused-ring (bicyclic) bond motifs is 1. The first kappa shape index (κ1) is 12.8. The van der Waals surface area contributed by atoms with Crippen molar-refractivity contribution in [3.63, 3.8) is 0 Å². The normalized spacial score (nSPS) is 12.5. The molecule has 2 aromatic carbocycles. The van der Waals surface area contributed by atoms with Gasteiger partial charge in [0, 0.05) is 0 Å². The summed E-state index contributed by atoms with van der Waals surface area (Å²) in [6.07, 6.45) is 5.59. The number of hydrogen-bond acceptors (Lipinski definition) is 1. The Hall–Kier alpha value is -1.60. The molecule has 1 N–H and O–H groups in total. The van der Waals surface area contributed by atoms with Gasteiger partial charge < -0.3 is 5.11 Å². The van der Waals surface area contributed by atoms with Crippen molar-refractivity contribution in [2.75, 3.05) is 0 Å². The average molecular weight is 240 g/mol. The van der Waals surface area contributed by atoms with Crippen molar-refractivity contribution >= 4 is 10.8 Å².